The predicted octanol–water partition coefficient (Wildman–Crippen LogP) is 1.84. The number of hydrogen-bond acceptors (Lipinski definition) is 4. The van der Waals surface area contributed by atoms with E-state index >= 15 is 0 Å². The fraction of sp³-hybridized carbons (Fsp3) is 0.467. The number of methoxy groups -OCH3 is 1. The molecule has 0 bridgehead atoms. The van der Waals surface area contributed by atoms with Crippen LogP contribution in [0.4, 0.5) is 10.1 Å². The van der Waals surface area contributed by atoms with Crippen LogP contribution in [0.15, 0.2) is 17.7 Å². The molecule has 0 amide bonds. The highest BCUT2D eigenvalue weighted by Gasteiger charge is 2.29. The monoisotopic (exact) mass is 278 g/mol. The summed E-state index contributed by atoms with van der Waals surface area (Å²) < 4.78 is 19.7. The fourth-order valence-corrected chi connectivity index (χ4v) is 3.01. The van der Waals surface area contributed by atoms with Gasteiger partial charge in [-0.15, -0.1) is 0 Å². The normalized spacial score (nSPS) is 17.6. The zero-order valence-electron chi connectivity index (χ0n) is 11.6. The van der Waals surface area contributed by atoms with E-state index in [4.69, 9.17) is 4.74 Å². The van der Waals surface area contributed by atoms with Crippen molar-refractivity contribution >= 4 is 11.4 Å². The van der Waals surface area contributed by atoms with Crippen molar-refractivity contribution in [3.05, 3.63) is 34.6 Å². The van der Waals surface area contributed by atoms with Gasteiger partial charge in [-0.05, 0) is 36.1 Å². The Morgan fingerprint density at radius 2 is 2.30 bits per heavy atom. The Labute approximate surface area is 117 Å². The van der Waals surface area contributed by atoms with Gasteiger partial charge >= 0.3 is 0 Å². The molecule has 0 atom stereocenters. The number of aliphatic hydroxyl groups is 1. The van der Waals surface area contributed by atoms with Crippen LogP contribution in [0.3, 0.4) is 0 Å². The van der Waals surface area contributed by atoms with Gasteiger partial charge < -0.3 is 20.1 Å². The summed E-state index contributed by atoms with van der Waals surface area (Å²) in [6.07, 6.45) is 2.06. The minimum Gasteiger partial charge on any atom is -0.392 e. The van der Waals surface area contributed by atoms with Crippen molar-refractivity contribution in [2.45, 2.75) is 19.4 Å². The van der Waals surface area contributed by atoms with Crippen molar-refractivity contribution in [2.75, 3.05) is 31.8 Å². The Kier molecular flexibility index (Phi) is 3.63. The van der Waals surface area contributed by atoms with Crippen LogP contribution in [0.2, 0.25) is 0 Å². The molecule has 108 valence electrons. The van der Waals surface area contributed by atoms with E-state index in [1.54, 1.807) is 7.11 Å². The predicted molar refractivity (Wildman–Crippen MR) is 75.7 cm³/mol. The second kappa shape index (κ2) is 5.42. The third-order valence-electron chi connectivity index (χ3n) is 3.88. The van der Waals surface area contributed by atoms with E-state index in [0.29, 0.717) is 17.9 Å². The van der Waals surface area contributed by atoms with Crippen LogP contribution in [0, 0.1) is 5.82 Å². The van der Waals surface area contributed by atoms with Crippen molar-refractivity contribution in [3.8, 4) is 0 Å². The molecule has 0 unspecified atom stereocenters. The third kappa shape index (κ3) is 2.17. The number of rotatable bonds is 3. The van der Waals surface area contributed by atoms with Crippen molar-refractivity contribution in [1.29, 1.82) is 0 Å². The number of hydrogen-bond donors (Lipinski definition) is 2. The van der Waals surface area contributed by atoms with E-state index in [9.17, 15) is 9.50 Å². The molecular formula is C15H19FN2O2. The minimum atomic E-state index is -0.283. The number of aliphatic hydroxyl groups excluding tert-OH is 1. The highest BCUT2D eigenvalue weighted by Crippen LogP contribution is 2.38. The van der Waals surface area contributed by atoms with Gasteiger partial charge in [-0.2, -0.15) is 0 Å². The van der Waals surface area contributed by atoms with Gasteiger partial charge in [0, 0.05) is 25.9 Å². The molecular weight excluding hydrogens is 259 g/mol. The summed E-state index contributed by atoms with van der Waals surface area (Å²) in [6, 6.07) is 3.26. The number of ether oxygens (including phenoxy) is 1. The molecule has 1 aromatic carbocycles. The molecule has 2 N–H and O–H groups in total. The van der Waals surface area contributed by atoms with Crippen LogP contribution >= 0.6 is 0 Å². The summed E-state index contributed by atoms with van der Waals surface area (Å²) in [5.41, 5.74) is 4.16. The van der Waals surface area contributed by atoms with Crippen LogP contribution in [0.25, 0.3) is 5.70 Å². The summed E-state index contributed by atoms with van der Waals surface area (Å²) in [4.78, 5) is 2.02. The number of anilines is 1. The zero-order chi connectivity index (χ0) is 14.1. The highest BCUT2D eigenvalue weighted by molar-refractivity contribution is 5.82. The lowest BCUT2D eigenvalue weighted by molar-refractivity contribution is 0.198. The highest BCUT2D eigenvalue weighted by atomic mass is 19.1. The van der Waals surface area contributed by atoms with Crippen molar-refractivity contribution in [2.24, 2.45) is 0 Å². The number of benzene rings is 1. The van der Waals surface area contributed by atoms with Crippen LogP contribution in [0.1, 0.15) is 24.0 Å². The summed E-state index contributed by atoms with van der Waals surface area (Å²) in [5, 5.41) is 12.6. The molecule has 1 aromatic rings. The SMILES string of the molecule is COCN1CC2=C(NCCC2)c2c(F)cc(CO)cc21. The Bertz CT molecular complexity index is 557. The Hall–Kier alpha value is -1.59. The molecule has 20 heavy (non-hydrogen) atoms. The average molecular weight is 278 g/mol. The minimum absolute atomic E-state index is 0.162. The molecule has 4 nitrogen and oxygen atoms in total. The van der Waals surface area contributed by atoms with E-state index in [0.717, 1.165) is 37.3 Å². The van der Waals surface area contributed by atoms with E-state index in [-0.39, 0.29) is 12.4 Å². The first-order valence-electron chi connectivity index (χ1n) is 6.88. The first kappa shape index (κ1) is 13.4. The molecule has 0 aliphatic carbocycles. The Morgan fingerprint density at radius 3 is 3.05 bits per heavy atom. The standard InChI is InChI=1S/C15H19FN2O2/c1-20-9-18-7-11-3-2-4-17-15(11)14-12(16)5-10(8-19)6-13(14)18/h5-6,17,19H,2-4,7-9H2,1H3. The summed E-state index contributed by atoms with van der Waals surface area (Å²) in [7, 11) is 1.63. The van der Waals surface area contributed by atoms with Gasteiger partial charge in [0.15, 0.2) is 0 Å². The second-order valence-corrected chi connectivity index (χ2v) is 5.25. The van der Waals surface area contributed by atoms with Gasteiger partial charge in [-0.25, -0.2) is 4.39 Å². The van der Waals surface area contributed by atoms with Gasteiger partial charge in [0.2, 0.25) is 0 Å². The fourth-order valence-electron chi connectivity index (χ4n) is 3.01. The first-order valence-corrected chi connectivity index (χ1v) is 6.88. The molecule has 0 spiro atoms. The summed E-state index contributed by atoms with van der Waals surface area (Å²) in [5.74, 6) is -0.283. The lowest BCUT2D eigenvalue weighted by atomic mass is 9.92. The largest absolute Gasteiger partial charge is 0.392 e. The van der Waals surface area contributed by atoms with Crippen LogP contribution in [-0.4, -0.2) is 32.0 Å². The van der Waals surface area contributed by atoms with Gasteiger partial charge in [0.05, 0.1) is 17.9 Å². The van der Waals surface area contributed by atoms with E-state index in [1.165, 1.54) is 11.6 Å². The summed E-state index contributed by atoms with van der Waals surface area (Å²) >= 11 is 0. The Balaban J connectivity index is 2.14. The molecule has 0 fully saturated rings. The zero-order valence-corrected chi connectivity index (χ0v) is 11.6. The Morgan fingerprint density at radius 1 is 1.45 bits per heavy atom. The number of nitrogens with one attached hydrogen (secondary N) is 1. The molecule has 0 radical (unpaired) electrons. The molecule has 2 aliphatic heterocycles. The maximum absolute atomic E-state index is 14.5. The smallest absolute Gasteiger partial charge is 0.134 e. The maximum Gasteiger partial charge on any atom is 0.134 e. The second-order valence-electron chi connectivity index (χ2n) is 5.25. The van der Waals surface area contributed by atoms with Crippen LogP contribution in [-0.2, 0) is 11.3 Å². The lowest BCUT2D eigenvalue weighted by Crippen LogP contribution is -2.37. The number of fused-ring (bicyclic) bond motifs is 2. The molecule has 0 aromatic heterocycles. The van der Waals surface area contributed by atoms with Gasteiger partial charge in [0.25, 0.3) is 0 Å². The lowest BCUT2D eigenvalue weighted by Gasteiger charge is -2.36. The molecule has 2 aliphatic rings. The maximum atomic E-state index is 14.5. The number of nitrogens with zero attached hydrogens (tertiary/aromatic N) is 1. The van der Waals surface area contributed by atoms with E-state index < -0.39 is 0 Å². The molecule has 3 rings (SSSR count). The van der Waals surface area contributed by atoms with Crippen LogP contribution in [0.5, 0.6) is 0 Å². The van der Waals surface area contributed by atoms with Crippen LogP contribution < -0.4 is 10.2 Å². The molecule has 5 heteroatoms. The molecule has 2 heterocycles. The molecule has 0 saturated carbocycles. The average Bonchev–Trinajstić information content (AvgIpc) is 2.47. The van der Waals surface area contributed by atoms with E-state index in [1.807, 2.05) is 11.0 Å². The van der Waals surface area contributed by atoms with Crippen molar-refractivity contribution in [3.63, 3.8) is 0 Å². The first-order chi connectivity index (χ1) is 9.74. The quantitative estimate of drug-likeness (QED) is 0.885. The van der Waals surface area contributed by atoms with Gasteiger partial charge in [-0.1, -0.05) is 0 Å². The molecule has 0 saturated heterocycles. The third-order valence-corrected chi connectivity index (χ3v) is 3.88. The topological polar surface area (TPSA) is 44.7 Å². The van der Waals surface area contributed by atoms with Gasteiger partial charge in [0.1, 0.15) is 12.5 Å². The van der Waals surface area contributed by atoms with Gasteiger partial charge in [-0.3, -0.25) is 0 Å². The van der Waals surface area contributed by atoms with Crippen molar-refractivity contribution < 1.29 is 14.2 Å². The number of halogens is 1. The summed E-state index contributed by atoms with van der Waals surface area (Å²) in [6.45, 7) is 1.88. The van der Waals surface area contributed by atoms with Crippen molar-refractivity contribution in [1.82, 2.24) is 5.32 Å². The van der Waals surface area contributed by atoms with E-state index in [2.05, 4.69) is 5.32 Å².